The van der Waals surface area contributed by atoms with Crippen LogP contribution in [0.1, 0.15) is 24.9 Å². The molecular formula is C19H17ClN2O4S. The van der Waals surface area contributed by atoms with Gasteiger partial charge < -0.3 is 14.7 Å². The minimum Gasteiger partial charge on any atom is -0.481 e. The number of carboxylic acid groups (broad SMARTS) is 1. The number of nitrogens with zero attached hydrogens (tertiary/aromatic N) is 2. The highest BCUT2D eigenvalue weighted by molar-refractivity contribution is 8.16. The summed E-state index contributed by atoms with van der Waals surface area (Å²) in [4.78, 5) is 30.3. The van der Waals surface area contributed by atoms with Gasteiger partial charge in [-0.3, -0.25) is 4.79 Å². The highest BCUT2D eigenvalue weighted by atomic mass is 35.5. The second-order valence-electron chi connectivity index (χ2n) is 5.91. The predicted octanol–water partition coefficient (Wildman–Crippen LogP) is 4.12. The molecule has 0 spiro atoms. The molecule has 1 atom stereocenters. The molecule has 0 radical (unpaired) electrons. The number of fused-ring (bicyclic) bond motifs is 1. The fraction of sp³-hybridized carbons (Fsp3) is 0.211. The average Bonchev–Trinajstić information content (AvgIpc) is 3.00. The largest absolute Gasteiger partial charge is 0.481 e. The first kappa shape index (κ1) is 19.3. The van der Waals surface area contributed by atoms with Crippen LogP contribution in [0.5, 0.6) is 0 Å². The topological polar surface area (TPSA) is 79.2 Å². The van der Waals surface area contributed by atoms with E-state index in [1.807, 2.05) is 6.07 Å². The van der Waals surface area contributed by atoms with Gasteiger partial charge in [0.05, 0.1) is 23.7 Å². The van der Waals surface area contributed by atoms with Gasteiger partial charge in [-0.1, -0.05) is 48.2 Å². The Balaban J connectivity index is 2.11. The quantitative estimate of drug-likeness (QED) is 0.567. The summed E-state index contributed by atoms with van der Waals surface area (Å²) in [6.45, 7) is 5.37. The van der Waals surface area contributed by atoms with Gasteiger partial charge in [-0.15, -0.1) is 0 Å². The number of ether oxygens (including phenoxy) is 1. The number of thioether (sulfide) groups is 1. The van der Waals surface area contributed by atoms with Gasteiger partial charge in [0.2, 0.25) is 0 Å². The summed E-state index contributed by atoms with van der Waals surface area (Å²) in [7, 11) is 0. The van der Waals surface area contributed by atoms with Crippen molar-refractivity contribution < 1.29 is 19.4 Å². The molecule has 8 heteroatoms. The minimum absolute atomic E-state index is 0.0705. The maximum absolute atomic E-state index is 12.8. The van der Waals surface area contributed by atoms with E-state index in [0.29, 0.717) is 27.2 Å². The number of benzene rings is 1. The monoisotopic (exact) mass is 404 g/mol. The van der Waals surface area contributed by atoms with Crippen molar-refractivity contribution in [3.8, 4) is 0 Å². The fourth-order valence-corrected chi connectivity index (χ4v) is 4.15. The average molecular weight is 405 g/mol. The van der Waals surface area contributed by atoms with Crippen LogP contribution in [0.25, 0.3) is 0 Å². The Morgan fingerprint density at radius 3 is 2.93 bits per heavy atom. The predicted molar refractivity (Wildman–Crippen MR) is 105 cm³/mol. The Morgan fingerprint density at radius 1 is 1.48 bits per heavy atom. The number of carbonyl (C=O) groups is 2. The van der Waals surface area contributed by atoms with E-state index in [1.165, 1.54) is 17.8 Å². The summed E-state index contributed by atoms with van der Waals surface area (Å²) in [5, 5.41) is 12.1. The van der Waals surface area contributed by atoms with Crippen molar-refractivity contribution in [3.63, 3.8) is 0 Å². The summed E-state index contributed by atoms with van der Waals surface area (Å²) in [5.41, 5.74) is 2.18. The minimum atomic E-state index is -0.963. The molecule has 0 saturated carbocycles. The molecular weight excluding hydrogens is 388 g/mol. The lowest BCUT2D eigenvalue weighted by Gasteiger charge is -2.36. The van der Waals surface area contributed by atoms with Gasteiger partial charge in [-0.05, 0) is 30.0 Å². The SMILES string of the molecule is C=CCOC(=O)C1=C(C)N=C2SC=C(CC(=O)O)N2C1c1cccc(Cl)c1. The van der Waals surface area contributed by atoms with Crippen LogP contribution in [0.2, 0.25) is 5.02 Å². The molecule has 27 heavy (non-hydrogen) atoms. The molecule has 0 aliphatic carbocycles. The Hall–Kier alpha value is -2.51. The molecule has 1 aromatic carbocycles. The molecule has 3 rings (SSSR count). The number of hydrogen-bond donors (Lipinski definition) is 1. The molecule has 0 amide bonds. The van der Waals surface area contributed by atoms with Crippen LogP contribution >= 0.6 is 23.4 Å². The van der Waals surface area contributed by atoms with E-state index in [1.54, 1.807) is 35.4 Å². The van der Waals surface area contributed by atoms with Crippen molar-refractivity contribution in [2.75, 3.05) is 6.61 Å². The van der Waals surface area contributed by atoms with Gasteiger partial charge in [0.1, 0.15) is 6.61 Å². The van der Waals surface area contributed by atoms with Gasteiger partial charge >= 0.3 is 11.9 Å². The first-order valence-electron chi connectivity index (χ1n) is 8.12. The van der Waals surface area contributed by atoms with Crippen LogP contribution in [-0.2, 0) is 14.3 Å². The smallest absolute Gasteiger partial charge is 0.338 e. The molecule has 6 nitrogen and oxygen atoms in total. The number of allylic oxidation sites excluding steroid dienone is 1. The molecule has 2 aliphatic rings. The lowest BCUT2D eigenvalue weighted by molar-refractivity contribution is -0.138. The normalized spacial score (nSPS) is 18.6. The number of aliphatic imine (C=N–C) groups is 1. The fourth-order valence-electron chi connectivity index (χ4n) is 2.99. The third-order valence-corrected chi connectivity index (χ3v) is 5.17. The zero-order chi connectivity index (χ0) is 19.6. The summed E-state index contributed by atoms with van der Waals surface area (Å²) in [5.74, 6) is -1.48. The van der Waals surface area contributed by atoms with E-state index >= 15 is 0 Å². The summed E-state index contributed by atoms with van der Waals surface area (Å²) >= 11 is 7.50. The number of esters is 1. The van der Waals surface area contributed by atoms with E-state index in [2.05, 4.69) is 11.6 Å². The van der Waals surface area contributed by atoms with Crippen LogP contribution in [0.15, 0.2) is 64.3 Å². The standard InChI is InChI=1S/C19H17ClN2O4S/c1-3-7-26-18(25)16-11(2)21-19-22(14(10-27-19)9-15(23)24)17(16)12-5-4-6-13(20)8-12/h3-6,8,10,17H,1,7,9H2,2H3,(H,23,24). The highest BCUT2D eigenvalue weighted by Crippen LogP contribution is 2.45. The van der Waals surface area contributed by atoms with E-state index in [-0.39, 0.29) is 13.0 Å². The molecule has 2 heterocycles. The Bertz CT molecular complexity index is 907. The van der Waals surface area contributed by atoms with Crippen molar-refractivity contribution in [1.29, 1.82) is 0 Å². The summed E-state index contributed by atoms with van der Waals surface area (Å²) in [6, 6.07) is 6.55. The number of rotatable bonds is 6. The van der Waals surface area contributed by atoms with E-state index in [0.717, 1.165) is 5.56 Å². The van der Waals surface area contributed by atoms with Crippen molar-refractivity contribution in [2.45, 2.75) is 19.4 Å². The Labute approximate surface area is 165 Å². The summed E-state index contributed by atoms with van der Waals surface area (Å²) in [6.07, 6.45) is 1.30. The van der Waals surface area contributed by atoms with Crippen molar-refractivity contribution in [3.05, 3.63) is 69.9 Å². The maximum atomic E-state index is 12.8. The van der Waals surface area contributed by atoms with Crippen LogP contribution in [0.4, 0.5) is 0 Å². The van der Waals surface area contributed by atoms with Crippen molar-refractivity contribution in [1.82, 2.24) is 4.90 Å². The van der Waals surface area contributed by atoms with E-state index < -0.39 is 18.0 Å². The Morgan fingerprint density at radius 2 is 2.26 bits per heavy atom. The molecule has 140 valence electrons. The second-order valence-corrected chi connectivity index (χ2v) is 7.18. The number of halogens is 1. The number of carbonyl (C=O) groups excluding carboxylic acids is 1. The number of carboxylic acids is 1. The molecule has 0 fully saturated rings. The number of hydrogen-bond acceptors (Lipinski definition) is 6. The van der Waals surface area contributed by atoms with E-state index in [9.17, 15) is 14.7 Å². The van der Waals surface area contributed by atoms with Crippen LogP contribution < -0.4 is 0 Å². The first-order chi connectivity index (χ1) is 12.9. The molecule has 0 saturated heterocycles. The van der Waals surface area contributed by atoms with Gasteiger partial charge in [0.15, 0.2) is 5.17 Å². The lowest BCUT2D eigenvalue weighted by Crippen LogP contribution is -2.37. The van der Waals surface area contributed by atoms with Gasteiger partial charge in [0, 0.05) is 10.7 Å². The maximum Gasteiger partial charge on any atom is 0.338 e. The number of aliphatic carboxylic acids is 1. The Kier molecular flexibility index (Phi) is 5.72. The third kappa shape index (κ3) is 3.94. The molecule has 0 bridgehead atoms. The van der Waals surface area contributed by atoms with Gasteiger partial charge in [-0.25, -0.2) is 9.79 Å². The van der Waals surface area contributed by atoms with E-state index in [4.69, 9.17) is 16.3 Å². The van der Waals surface area contributed by atoms with Crippen LogP contribution in [-0.4, -0.2) is 33.7 Å². The van der Waals surface area contributed by atoms with Crippen molar-refractivity contribution in [2.24, 2.45) is 4.99 Å². The summed E-state index contributed by atoms with van der Waals surface area (Å²) < 4.78 is 5.26. The highest BCUT2D eigenvalue weighted by Gasteiger charge is 2.41. The first-order valence-corrected chi connectivity index (χ1v) is 9.37. The molecule has 1 aromatic rings. The number of amidine groups is 1. The zero-order valence-electron chi connectivity index (χ0n) is 14.5. The zero-order valence-corrected chi connectivity index (χ0v) is 16.1. The molecule has 0 aromatic heterocycles. The molecule has 1 unspecified atom stereocenters. The molecule has 1 N–H and O–H groups in total. The lowest BCUT2D eigenvalue weighted by atomic mass is 9.94. The second kappa shape index (κ2) is 8.02. The van der Waals surface area contributed by atoms with Crippen molar-refractivity contribution >= 4 is 40.5 Å². The van der Waals surface area contributed by atoms with Crippen LogP contribution in [0.3, 0.4) is 0 Å². The third-order valence-electron chi connectivity index (χ3n) is 4.05. The molecule has 2 aliphatic heterocycles. The van der Waals surface area contributed by atoms with Crippen LogP contribution in [0, 0.1) is 0 Å². The van der Waals surface area contributed by atoms with Gasteiger partial charge in [0.25, 0.3) is 0 Å². The van der Waals surface area contributed by atoms with Gasteiger partial charge in [-0.2, -0.15) is 0 Å².